The number of carboxylic acids is 1. The molecule has 43 heavy (non-hydrogen) atoms. The number of aryl methyl sites for hydroxylation is 1. The number of carbonyl (C=O) groups is 1. The second kappa shape index (κ2) is 12.1. The van der Waals surface area contributed by atoms with Crippen molar-refractivity contribution >= 4 is 50.0 Å². The van der Waals surface area contributed by atoms with Gasteiger partial charge in [0.05, 0.1) is 27.9 Å². The molecule has 0 spiro atoms. The van der Waals surface area contributed by atoms with Crippen LogP contribution in [0.15, 0.2) is 83.8 Å². The van der Waals surface area contributed by atoms with Crippen LogP contribution in [0, 0.1) is 6.92 Å². The van der Waals surface area contributed by atoms with E-state index in [1.807, 2.05) is 67.6 Å². The molecule has 3 N–H and O–H groups in total. The molecule has 0 radical (unpaired) electrons. The van der Waals surface area contributed by atoms with E-state index in [1.54, 1.807) is 33.0 Å². The number of pyridine rings is 2. The van der Waals surface area contributed by atoms with E-state index in [1.165, 1.54) is 17.4 Å². The summed E-state index contributed by atoms with van der Waals surface area (Å²) >= 11 is 7.66. The molecule has 0 aliphatic heterocycles. The number of H-pyrrole nitrogens is 1. The number of benzene rings is 3. The molecule has 3 aromatic heterocycles. The van der Waals surface area contributed by atoms with Gasteiger partial charge in [0.1, 0.15) is 5.01 Å². The molecular formula is C34H30ClN3O4S. The van der Waals surface area contributed by atoms with Crippen LogP contribution < -0.4 is 5.56 Å². The number of hydrogen-bond donors (Lipinski definition) is 3. The predicted octanol–water partition coefficient (Wildman–Crippen LogP) is 7.90. The third kappa shape index (κ3) is 7.17. The van der Waals surface area contributed by atoms with Crippen molar-refractivity contribution in [2.24, 2.45) is 0 Å². The van der Waals surface area contributed by atoms with E-state index < -0.39 is 11.6 Å². The molecule has 218 valence electrons. The number of nitrogens with zero attached hydrogens (tertiary/aromatic N) is 2. The summed E-state index contributed by atoms with van der Waals surface area (Å²) in [4.78, 5) is 35.9. The summed E-state index contributed by atoms with van der Waals surface area (Å²) in [5.41, 5.74) is 6.85. The third-order valence-electron chi connectivity index (χ3n) is 6.50. The Bertz CT molecular complexity index is 2020. The number of hydrogen-bond acceptors (Lipinski definition) is 6. The molecule has 7 nitrogen and oxygen atoms in total. The molecule has 0 saturated heterocycles. The molecule has 0 saturated carbocycles. The molecule has 0 unspecified atom stereocenters. The first kappa shape index (κ1) is 30.1. The molecule has 0 atom stereocenters. The quantitative estimate of drug-likeness (QED) is 0.182. The van der Waals surface area contributed by atoms with E-state index in [9.17, 15) is 14.7 Å². The summed E-state index contributed by atoms with van der Waals surface area (Å²) in [6.07, 6.45) is 1.66. The van der Waals surface area contributed by atoms with Crippen molar-refractivity contribution in [3.63, 3.8) is 0 Å². The van der Waals surface area contributed by atoms with Crippen molar-refractivity contribution in [1.29, 1.82) is 0 Å². The van der Waals surface area contributed by atoms with Crippen molar-refractivity contribution in [2.45, 2.75) is 39.7 Å². The zero-order valence-corrected chi connectivity index (χ0v) is 25.7. The smallest absolute Gasteiger partial charge is 0.307 e. The lowest BCUT2D eigenvalue weighted by molar-refractivity contribution is -0.136. The van der Waals surface area contributed by atoms with E-state index in [2.05, 4.69) is 9.97 Å². The summed E-state index contributed by atoms with van der Waals surface area (Å²) < 4.78 is 0.922. The summed E-state index contributed by atoms with van der Waals surface area (Å²) in [5, 5.41) is 20.5. The van der Waals surface area contributed by atoms with Crippen molar-refractivity contribution < 1.29 is 15.0 Å². The van der Waals surface area contributed by atoms with Gasteiger partial charge in [-0.15, -0.1) is 11.3 Å². The Balaban J connectivity index is 0.000000682. The average Bonchev–Trinajstić information content (AvgIpc) is 3.36. The fourth-order valence-electron chi connectivity index (χ4n) is 4.69. The first-order chi connectivity index (χ1) is 20.4. The number of halogens is 1. The maximum atomic E-state index is 11.8. The fraction of sp³-hybridized carbons (Fsp3) is 0.176. The third-order valence-corrected chi connectivity index (χ3v) is 7.89. The zero-order valence-electron chi connectivity index (χ0n) is 24.1. The normalized spacial score (nSPS) is 11.4. The van der Waals surface area contributed by atoms with Gasteiger partial charge in [-0.2, -0.15) is 0 Å². The van der Waals surface area contributed by atoms with Crippen LogP contribution in [0.25, 0.3) is 54.1 Å². The SMILES string of the molecule is CC(C)(C)O.Cc1cc2nc(-c3ccnc(-c4ccc5ccc(=O)[nH]c5c4)c3)sc2c(-c2ccc(Cl)cc2)c1CC(=O)O. The Morgan fingerprint density at radius 2 is 1.63 bits per heavy atom. The zero-order chi connectivity index (χ0) is 30.9. The number of nitrogens with one attached hydrogen (secondary N) is 1. The Labute approximate surface area is 257 Å². The Hall–Kier alpha value is -4.37. The van der Waals surface area contributed by atoms with Crippen LogP contribution in [0.2, 0.25) is 5.02 Å². The number of rotatable bonds is 5. The van der Waals surface area contributed by atoms with Gasteiger partial charge in [-0.1, -0.05) is 35.9 Å². The predicted molar refractivity (Wildman–Crippen MR) is 175 cm³/mol. The summed E-state index contributed by atoms with van der Waals surface area (Å²) in [7, 11) is 0. The highest BCUT2D eigenvalue weighted by atomic mass is 35.5. The van der Waals surface area contributed by atoms with E-state index in [4.69, 9.17) is 21.7 Å². The van der Waals surface area contributed by atoms with Crippen LogP contribution in [-0.4, -0.2) is 36.7 Å². The highest BCUT2D eigenvalue weighted by Gasteiger charge is 2.20. The first-order valence-electron chi connectivity index (χ1n) is 13.6. The molecular weight excluding hydrogens is 582 g/mol. The molecule has 0 amide bonds. The van der Waals surface area contributed by atoms with Crippen LogP contribution in [0.3, 0.4) is 0 Å². The topological polar surface area (TPSA) is 116 Å². The van der Waals surface area contributed by atoms with Gasteiger partial charge in [-0.25, -0.2) is 4.98 Å². The molecule has 6 aromatic rings. The van der Waals surface area contributed by atoms with Crippen molar-refractivity contribution in [3.05, 3.63) is 105 Å². The van der Waals surface area contributed by atoms with Crippen LogP contribution in [0.5, 0.6) is 0 Å². The van der Waals surface area contributed by atoms with Crippen LogP contribution in [0.1, 0.15) is 31.9 Å². The van der Waals surface area contributed by atoms with Gasteiger partial charge in [0.25, 0.3) is 0 Å². The van der Waals surface area contributed by atoms with Crippen molar-refractivity contribution in [1.82, 2.24) is 15.0 Å². The minimum Gasteiger partial charge on any atom is -0.481 e. The lowest BCUT2D eigenvalue weighted by Crippen LogP contribution is -2.10. The van der Waals surface area contributed by atoms with E-state index >= 15 is 0 Å². The summed E-state index contributed by atoms with van der Waals surface area (Å²) in [6.45, 7) is 7.15. The van der Waals surface area contributed by atoms with Crippen LogP contribution in [-0.2, 0) is 11.2 Å². The summed E-state index contributed by atoms with van der Waals surface area (Å²) in [5.74, 6) is -0.886. The number of fused-ring (bicyclic) bond motifs is 2. The number of aromatic amines is 1. The minimum atomic E-state index is -0.886. The van der Waals surface area contributed by atoms with Gasteiger partial charge < -0.3 is 15.2 Å². The van der Waals surface area contributed by atoms with Crippen molar-refractivity contribution in [3.8, 4) is 33.0 Å². The highest BCUT2D eigenvalue weighted by molar-refractivity contribution is 7.22. The molecule has 0 aliphatic rings. The lowest BCUT2D eigenvalue weighted by atomic mass is 9.93. The Morgan fingerprint density at radius 3 is 2.33 bits per heavy atom. The average molecular weight is 612 g/mol. The number of thiazole rings is 1. The molecule has 0 aliphatic carbocycles. The van der Waals surface area contributed by atoms with Gasteiger partial charge in [0, 0.05) is 39.5 Å². The largest absolute Gasteiger partial charge is 0.481 e. The van der Waals surface area contributed by atoms with Crippen molar-refractivity contribution in [2.75, 3.05) is 0 Å². The first-order valence-corrected chi connectivity index (χ1v) is 14.8. The molecule has 3 aromatic carbocycles. The number of aliphatic hydroxyl groups is 1. The van der Waals surface area contributed by atoms with Crippen LogP contribution in [0.4, 0.5) is 0 Å². The maximum Gasteiger partial charge on any atom is 0.307 e. The summed E-state index contributed by atoms with van der Waals surface area (Å²) in [6, 6.07) is 22.4. The number of aromatic nitrogens is 3. The monoisotopic (exact) mass is 611 g/mol. The van der Waals surface area contributed by atoms with E-state index in [0.29, 0.717) is 5.02 Å². The number of aliphatic carboxylic acids is 1. The highest BCUT2D eigenvalue weighted by Crippen LogP contribution is 2.41. The Kier molecular flexibility index (Phi) is 8.46. The van der Waals surface area contributed by atoms with Crippen LogP contribution >= 0.6 is 22.9 Å². The molecule has 9 heteroatoms. The lowest BCUT2D eigenvalue weighted by Gasteiger charge is -2.13. The van der Waals surface area contributed by atoms with E-state index in [0.717, 1.165) is 65.2 Å². The molecule has 0 bridgehead atoms. The van der Waals surface area contributed by atoms with Gasteiger partial charge in [0.2, 0.25) is 5.56 Å². The van der Waals surface area contributed by atoms with Gasteiger partial charge in [0.15, 0.2) is 0 Å². The number of carboxylic acid groups (broad SMARTS) is 1. The van der Waals surface area contributed by atoms with Gasteiger partial charge in [-0.05, 0) is 92.2 Å². The van der Waals surface area contributed by atoms with Gasteiger partial charge in [-0.3, -0.25) is 14.6 Å². The fourth-order valence-corrected chi connectivity index (χ4v) is 5.95. The minimum absolute atomic E-state index is 0.0869. The second-order valence-corrected chi connectivity index (χ2v) is 12.7. The standard InChI is InChI=1S/C30H20ClN3O3S.C4H10O/c1-16-12-25-29(28(22(16)15-27(36)37)18-4-7-21(31)8-5-18)38-30(34-25)20-10-11-32-23(14-20)19-3-2-17-6-9-26(35)33-24(17)13-19;1-4(2,3)5/h2-14H,15H2,1H3,(H,33,35)(H,36,37);5H,1-3H3. The molecule has 6 rings (SSSR count). The molecule has 3 heterocycles. The van der Waals surface area contributed by atoms with Gasteiger partial charge >= 0.3 is 5.97 Å². The van der Waals surface area contributed by atoms with E-state index in [-0.39, 0.29) is 12.0 Å². The maximum absolute atomic E-state index is 11.8. The Morgan fingerprint density at radius 1 is 0.953 bits per heavy atom. The second-order valence-electron chi connectivity index (χ2n) is 11.2. The molecule has 0 fully saturated rings.